The van der Waals surface area contributed by atoms with Gasteiger partial charge in [0.25, 0.3) is 0 Å². The van der Waals surface area contributed by atoms with E-state index < -0.39 is 11.9 Å². The standard InChI is InChI=1S/C21H24O5/c1-22-20-18-19(24-13-17-10-6-3-7-11-17)21(26-20,15-25-18)14-23-12-16-8-4-2-5-9-16/h2-11,18-20H,12-15H2,1H3/t18-,19+,20?,21+/m1/s1. The number of hydrogen-bond donors (Lipinski definition) is 0. The van der Waals surface area contributed by atoms with Crippen molar-refractivity contribution in [2.75, 3.05) is 20.3 Å². The third-order valence-electron chi connectivity index (χ3n) is 4.92. The van der Waals surface area contributed by atoms with Crippen molar-refractivity contribution in [1.82, 2.24) is 0 Å². The first kappa shape index (κ1) is 17.6. The first-order valence-corrected chi connectivity index (χ1v) is 8.90. The van der Waals surface area contributed by atoms with Crippen molar-refractivity contribution in [2.24, 2.45) is 0 Å². The van der Waals surface area contributed by atoms with E-state index in [1.165, 1.54) is 0 Å². The summed E-state index contributed by atoms with van der Waals surface area (Å²) < 4.78 is 29.6. The van der Waals surface area contributed by atoms with Crippen LogP contribution >= 0.6 is 0 Å². The van der Waals surface area contributed by atoms with Gasteiger partial charge in [-0.25, -0.2) is 0 Å². The van der Waals surface area contributed by atoms with Gasteiger partial charge in [-0.15, -0.1) is 0 Å². The third-order valence-corrected chi connectivity index (χ3v) is 4.92. The molecule has 138 valence electrons. The topological polar surface area (TPSA) is 46.2 Å². The lowest BCUT2D eigenvalue weighted by molar-refractivity contribution is -0.246. The number of rotatable bonds is 8. The van der Waals surface area contributed by atoms with Crippen LogP contribution in [0.3, 0.4) is 0 Å². The molecule has 2 saturated heterocycles. The molecule has 0 aliphatic carbocycles. The average Bonchev–Trinajstić information content (AvgIpc) is 3.19. The molecule has 2 aromatic rings. The van der Waals surface area contributed by atoms with Crippen molar-refractivity contribution in [3.63, 3.8) is 0 Å². The van der Waals surface area contributed by atoms with Crippen LogP contribution in [0.2, 0.25) is 0 Å². The fraction of sp³-hybridized carbons (Fsp3) is 0.429. The Morgan fingerprint density at radius 1 is 0.962 bits per heavy atom. The second-order valence-corrected chi connectivity index (χ2v) is 6.76. The van der Waals surface area contributed by atoms with Crippen LogP contribution in [0.15, 0.2) is 60.7 Å². The molecule has 2 aliphatic rings. The lowest BCUT2D eigenvalue weighted by Crippen LogP contribution is -2.46. The second-order valence-electron chi connectivity index (χ2n) is 6.76. The lowest BCUT2D eigenvalue weighted by atomic mass is 10.00. The highest BCUT2D eigenvalue weighted by Gasteiger charge is 2.63. The second kappa shape index (κ2) is 7.86. The van der Waals surface area contributed by atoms with Crippen molar-refractivity contribution < 1.29 is 23.7 Å². The molecule has 2 fully saturated rings. The van der Waals surface area contributed by atoms with Crippen molar-refractivity contribution in [3.05, 3.63) is 71.8 Å². The number of ether oxygens (including phenoxy) is 5. The Kier molecular flexibility index (Phi) is 5.33. The molecule has 4 atom stereocenters. The van der Waals surface area contributed by atoms with Gasteiger partial charge in [0, 0.05) is 7.11 Å². The molecular weight excluding hydrogens is 332 g/mol. The van der Waals surface area contributed by atoms with Crippen LogP contribution in [0.1, 0.15) is 11.1 Å². The highest BCUT2D eigenvalue weighted by atomic mass is 16.8. The van der Waals surface area contributed by atoms with Crippen LogP contribution < -0.4 is 0 Å². The maximum atomic E-state index is 6.20. The van der Waals surface area contributed by atoms with Gasteiger partial charge in [0.2, 0.25) is 0 Å². The van der Waals surface area contributed by atoms with E-state index in [0.29, 0.717) is 26.4 Å². The van der Waals surface area contributed by atoms with Crippen molar-refractivity contribution in [2.45, 2.75) is 37.3 Å². The van der Waals surface area contributed by atoms with Gasteiger partial charge in [-0.3, -0.25) is 0 Å². The quantitative estimate of drug-likeness (QED) is 0.728. The fourth-order valence-electron chi connectivity index (χ4n) is 3.59. The normalized spacial score (nSPS) is 30.0. The van der Waals surface area contributed by atoms with Crippen LogP contribution in [0.25, 0.3) is 0 Å². The van der Waals surface area contributed by atoms with Gasteiger partial charge in [-0.2, -0.15) is 0 Å². The minimum Gasteiger partial charge on any atom is -0.374 e. The Labute approximate surface area is 153 Å². The highest BCUT2D eigenvalue weighted by molar-refractivity contribution is 5.15. The minimum atomic E-state index is -0.630. The summed E-state index contributed by atoms with van der Waals surface area (Å²) in [6, 6.07) is 20.2. The molecule has 0 radical (unpaired) electrons. The number of fused-ring (bicyclic) bond motifs is 2. The summed E-state index contributed by atoms with van der Waals surface area (Å²) in [7, 11) is 1.63. The van der Waals surface area contributed by atoms with Gasteiger partial charge in [0.15, 0.2) is 6.29 Å². The molecular formula is C21H24O5. The molecule has 5 heteroatoms. The Hall–Kier alpha value is -1.76. The van der Waals surface area contributed by atoms with Crippen LogP contribution in [0.5, 0.6) is 0 Å². The molecule has 2 aliphatic heterocycles. The molecule has 0 amide bonds. The number of hydrogen-bond acceptors (Lipinski definition) is 5. The monoisotopic (exact) mass is 356 g/mol. The smallest absolute Gasteiger partial charge is 0.187 e. The van der Waals surface area contributed by atoms with Gasteiger partial charge in [-0.1, -0.05) is 60.7 Å². The van der Waals surface area contributed by atoms with E-state index in [-0.39, 0.29) is 12.2 Å². The first-order chi connectivity index (χ1) is 12.8. The lowest BCUT2D eigenvalue weighted by Gasteiger charge is -2.30. The zero-order valence-corrected chi connectivity index (χ0v) is 14.9. The summed E-state index contributed by atoms with van der Waals surface area (Å²) in [6.07, 6.45) is -0.877. The SMILES string of the molecule is COC1O[C@@]2(COCc3ccccc3)CO[C@@H]1[C@@H]2OCc1ccccc1. The predicted molar refractivity (Wildman–Crippen MR) is 95.5 cm³/mol. The van der Waals surface area contributed by atoms with E-state index in [0.717, 1.165) is 11.1 Å². The maximum Gasteiger partial charge on any atom is 0.187 e. The number of benzene rings is 2. The summed E-state index contributed by atoms with van der Waals surface area (Å²) >= 11 is 0. The van der Waals surface area contributed by atoms with Crippen LogP contribution in [0, 0.1) is 0 Å². The minimum absolute atomic E-state index is 0.219. The van der Waals surface area contributed by atoms with Crippen LogP contribution in [0.4, 0.5) is 0 Å². The zero-order valence-electron chi connectivity index (χ0n) is 14.9. The predicted octanol–water partition coefficient (Wildman–Crippen LogP) is 2.93. The number of methoxy groups -OCH3 is 1. The van der Waals surface area contributed by atoms with E-state index >= 15 is 0 Å². The van der Waals surface area contributed by atoms with Gasteiger partial charge < -0.3 is 23.7 Å². The van der Waals surface area contributed by atoms with Crippen LogP contribution in [-0.4, -0.2) is 44.4 Å². The maximum absolute atomic E-state index is 6.20. The fourth-order valence-corrected chi connectivity index (χ4v) is 3.59. The largest absolute Gasteiger partial charge is 0.374 e. The van der Waals surface area contributed by atoms with Crippen molar-refractivity contribution >= 4 is 0 Å². The van der Waals surface area contributed by atoms with E-state index in [9.17, 15) is 0 Å². The molecule has 26 heavy (non-hydrogen) atoms. The van der Waals surface area contributed by atoms with E-state index in [2.05, 4.69) is 0 Å². The third kappa shape index (κ3) is 3.54. The summed E-state index contributed by atoms with van der Waals surface area (Å²) in [4.78, 5) is 0. The van der Waals surface area contributed by atoms with Gasteiger partial charge in [0.1, 0.15) is 17.8 Å². The molecule has 1 unspecified atom stereocenters. The van der Waals surface area contributed by atoms with Gasteiger partial charge >= 0.3 is 0 Å². The van der Waals surface area contributed by atoms with Gasteiger partial charge in [-0.05, 0) is 11.1 Å². The summed E-state index contributed by atoms with van der Waals surface area (Å²) in [5, 5.41) is 0. The van der Waals surface area contributed by atoms with Gasteiger partial charge in [0.05, 0.1) is 26.4 Å². The molecule has 4 rings (SSSR count). The Balaban J connectivity index is 1.41. The summed E-state index contributed by atoms with van der Waals surface area (Å²) in [5.41, 5.74) is 1.62. The highest BCUT2D eigenvalue weighted by Crippen LogP contribution is 2.42. The molecule has 0 N–H and O–H groups in total. The van der Waals surface area contributed by atoms with Crippen LogP contribution in [-0.2, 0) is 36.9 Å². The molecule has 2 heterocycles. The van der Waals surface area contributed by atoms with Crippen molar-refractivity contribution in [3.8, 4) is 0 Å². The van der Waals surface area contributed by atoms with E-state index in [1.807, 2.05) is 60.7 Å². The Morgan fingerprint density at radius 2 is 1.62 bits per heavy atom. The Bertz CT molecular complexity index is 692. The summed E-state index contributed by atoms with van der Waals surface area (Å²) in [5.74, 6) is 0. The molecule has 5 nitrogen and oxygen atoms in total. The van der Waals surface area contributed by atoms with E-state index in [4.69, 9.17) is 23.7 Å². The first-order valence-electron chi connectivity index (χ1n) is 8.90. The Morgan fingerprint density at radius 3 is 2.27 bits per heavy atom. The molecule has 2 aromatic carbocycles. The zero-order chi connectivity index (χ0) is 17.8. The molecule has 0 saturated carbocycles. The summed E-state index contributed by atoms with van der Waals surface area (Å²) in [6.45, 7) is 1.88. The molecule has 0 spiro atoms. The average molecular weight is 356 g/mol. The van der Waals surface area contributed by atoms with Crippen molar-refractivity contribution in [1.29, 1.82) is 0 Å². The molecule has 2 bridgehead atoms. The van der Waals surface area contributed by atoms with E-state index in [1.54, 1.807) is 7.11 Å². The molecule has 0 aromatic heterocycles.